The Labute approximate surface area is 43.7 Å². The molecular weight excluding hydrogens is 248 g/mol. The first-order valence-electron chi connectivity index (χ1n) is 0. The summed E-state index contributed by atoms with van der Waals surface area (Å²) in [5.41, 5.74) is 0. The van der Waals surface area contributed by atoms with Gasteiger partial charge in [0.05, 0.1) is 0 Å². The molecule has 0 heterocycles. The van der Waals surface area contributed by atoms with Gasteiger partial charge in [0, 0.05) is 21.1 Å². The number of hydrogen-bond donors (Lipinski definition) is 0. The van der Waals surface area contributed by atoms with Crippen LogP contribution >= 0.6 is 0 Å². The van der Waals surface area contributed by atoms with Crippen LogP contribution in [0.5, 0.6) is 0 Å². The van der Waals surface area contributed by atoms with Crippen LogP contribution in [0, 0.1) is 0 Å². The van der Waals surface area contributed by atoms with Crippen molar-refractivity contribution in [1.29, 1.82) is 0 Å². The molecule has 0 amide bonds. The molecule has 38 valence electrons. The summed E-state index contributed by atoms with van der Waals surface area (Å²) < 4.78 is 0. The first kappa shape index (κ1) is 406. The van der Waals surface area contributed by atoms with Crippen molar-refractivity contribution in [1.82, 2.24) is 0 Å². The second-order valence-electron chi connectivity index (χ2n) is 0. The third kappa shape index (κ3) is 104. The maximum Gasteiger partial charge on any atom is 0 e. The molecule has 0 bridgehead atoms. The minimum absolute atomic E-state index is 0. The van der Waals surface area contributed by atoms with Gasteiger partial charge in [0.2, 0.25) is 0 Å². The summed E-state index contributed by atoms with van der Waals surface area (Å²) in [4.78, 5) is 0. The van der Waals surface area contributed by atoms with E-state index in [1.807, 2.05) is 0 Å². The zero-order valence-electron chi connectivity index (χ0n) is 2.13. The van der Waals surface area contributed by atoms with Gasteiger partial charge in [-0.05, 0) is 0 Å². The van der Waals surface area contributed by atoms with Crippen molar-refractivity contribution in [2.75, 3.05) is 0 Å². The number of hydrogen-bond acceptors (Lipinski definition) is 0. The third-order valence-electron chi connectivity index (χ3n) is 0. The summed E-state index contributed by atoms with van der Waals surface area (Å²) >= 11 is 0. The molecule has 0 aromatic heterocycles. The van der Waals surface area contributed by atoms with Gasteiger partial charge in [-0.2, -0.15) is 0 Å². The average molecular weight is 250 g/mol. The Morgan fingerprint density at radius 3 is 0.600 bits per heavy atom. The van der Waals surface area contributed by atoms with Crippen LogP contribution in [-0.2, 0) is 37.5 Å². The van der Waals surface area contributed by atoms with Gasteiger partial charge < -0.3 is 21.9 Å². The molecule has 0 unspecified atom stereocenters. The van der Waals surface area contributed by atoms with E-state index in [0.717, 1.165) is 0 Å². The van der Waals surface area contributed by atoms with Gasteiger partial charge in [-0.1, -0.05) is 0 Å². The normalized spacial score (nSPS) is 0. The van der Waals surface area contributed by atoms with Crippen LogP contribution in [0.2, 0.25) is 0 Å². The zero-order valence-corrected chi connectivity index (χ0v) is 5.07. The molecule has 0 rings (SSSR count). The van der Waals surface area contributed by atoms with Crippen LogP contribution in [0.1, 0.15) is 0 Å². The molecule has 5 heavy (non-hydrogen) atoms. The van der Waals surface area contributed by atoms with Crippen LogP contribution in [0.15, 0.2) is 0 Å². The Bertz CT molecular complexity index is 3.61. The van der Waals surface area contributed by atoms with Crippen molar-refractivity contribution in [3.63, 3.8) is 0 Å². The standard InChI is InChI=1S/H2O.3O.W/h1H2;;;;/q;3*-2;. The van der Waals surface area contributed by atoms with Crippen molar-refractivity contribution in [2.24, 2.45) is 0 Å². The molecule has 0 radical (unpaired) electrons. The molecule has 0 aliphatic heterocycles. The fraction of sp³-hybridized carbons (Fsp3) is 0. The van der Waals surface area contributed by atoms with E-state index in [1.165, 1.54) is 0 Å². The zero-order chi connectivity index (χ0) is 0. The third-order valence-corrected chi connectivity index (χ3v) is 0. The monoisotopic (exact) mass is 250 g/mol. The van der Waals surface area contributed by atoms with Crippen LogP contribution in [0.3, 0.4) is 0 Å². The van der Waals surface area contributed by atoms with E-state index >= 15 is 0 Å². The Morgan fingerprint density at radius 1 is 0.600 bits per heavy atom. The van der Waals surface area contributed by atoms with E-state index in [1.54, 1.807) is 0 Å². The molecule has 5 heteroatoms. The second kappa shape index (κ2) is 202. The van der Waals surface area contributed by atoms with Crippen molar-refractivity contribution in [3.05, 3.63) is 0 Å². The quantitative estimate of drug-likeness (QED) is 0.514. The van der Waals surface area contributed by atoms with Crippen molar-refractivity contribution < 1.29 is 43.0 Å². The molecular formula is H2O4W-6. The van der Waals surface area contributed by atoms with Crippen molar-refractivity contribution in [2.45, 2.75) is 0 Å². The van der Waals surface area contributed by atoms with Gasteiger partial charge in [0.1, 0.15) is 0 Å². The van der Waals surface area contributed by atoms with E-state index in [0.29, 0.717) is 0 Å². The molecule has 0 aliphatic carbocycles. The Morgan fingerprint density at radius 2 is 0.600 bits per heavy atom. The van der Waals surface area contributed by atoms with Crippen molar-refractivity contribution >= 4 is 0 Å². The Hall–Kier alpha value is 0.528. The minimum Gasteiger partial charge on any atom is -2.00 e. The van der Waals surface area contributed by atoms with Crippen LogP contribution in [0.4, 0.5) is 0 Å². The molecule has 4 nitrogen and oxygen atoms in total. The van der Waals surface area contributed by atoms with Gasteiger partial charge in [-0.3, -0.25) is 0 Å². The summed E-state index contributed by atoms with van der Waals surface area (Å²) in [6.45, 7) is 0. The molecule has 2 N–H and O–H groups in total. The smallest absolute Gasteiger partial charge is 0 e. The molecule has 0 fully saturated rings. The van der Waals surface area contributed by atoms with Gasteiger partial charge in [0.25, 0.3) is 0 Å². The van der Waals surface area contributed by atoms with Gasteiger partial charge >= 0.3 is 0 Å². The van der Waals surface area contributed by atoms with E-state index in [2.05, 4.69) is 0 Å². The molecule has 0 saturated carbocycles. The molecule has 0 aromatic carbocycles. The molecule has 0 atom stereocenters. The first-order chi connectivity index (χ1) is 0. The second-order valence-corrected chi connectivity index (χ2v) is 0. The van der Waals surface area contributed by atoms with Crippen LogP contribution in [-0.4, -0.2) is 5.48 Å². The minimum atomic E-state index is 0. The fourth-order valence-corrected chi connectivity index (χ4v) is 0. The predicted octanol–water partition coefficient (Wildman–Crippen LogP) is -1.18. The Kier molecular flexibility index (Phi) is 16400. The van der Waals surface area contributed by atoms with Crippen LogP contribution < -0.4 is 0 Å². The number of rotatable bonds is 0. The summed E-state index contributed by atoms with van der Waals surface area (Å²) in [7, 11) is 0. The Balaban J connectivity index is 0. The van der Waals surface area contributed by atoms with E-state index in [9.17, 15) is 0 Å². The maximum absolute atomic E-state index is 0. The van der Waals surface area contributed by atoms with E-state index in [-0.39, 0.29) is 43.0 Å². The molecule has 0 aliphatic rings. The van der Waals surface area contributed by atoms with E-state index < -0.39 is 0 Å². The SMILES string of the molecule is O.[O-2].[O-2].[O-2].[W]. The summed E-state index contributed by atoms with van der Waals surface area (Å²) in [6.07, 6.45) is 0. The molecule has 0 aromatic rings. The average Bonchev–Trinajstić information content (AvgIpc) is 0. The van der Waals surface area contributed by atoms with Crippen molar-refractivity contribution in [3.8, 4) is 0 Å². The summed E-state index contributed by atoms with van der Waals surface area (Å²) in [5, 5.41) is 0. The van der Waals surface area contributed by atoms with Gasteiger partial charge in [-0.25, -0.2) is 0 Å². The largest absolute Gasteiger partial charge is 2.00 e. The van der Waals surface area contributed by atoms with Crippen LogP contribution in [0.25, 0.3) is 0 Å². The van der Waals surface area contributed by atoms with Gasteiger partial charge in [0.15, 0.2) is 0 Å². The van der Waals surface area contributed by atoms with E-state index in [4.69, 9.17) is 0 Å². The maximum atomic E-state index is 0. The predicted molar refractivity (Wildman–Crippen MR) is 5.67 cm³/mol. The molecule has 0 saturated heterocycles. The summed E-state index contributed by atoms with van der Waals surface area (Å²) in [6, 6.07) is 0. The van der Waals surface area contributed by atoms with Gasteiger partial charge in [-0.15, -0.1) is 0 Å². The topological polar surface area (TPSA) is 117 Å². The fourth-order valence-electron chi connectivity index (χ4n) is 0. The first-order valence-corrected chi connectivity index (χ1v) is 0. The summed E-state index contributed by atoms with van der Waals surface area (Å²) in [5.74, 6) is 0. The molecule has 0 spiro atoms.